The van der Waals surface area contributed by atoms with E-state index in [0.717, 1.165) is 5.56 Å². The maximum atomic E-state index is 11.3. The molecule has 2 aromatic carbocycles. The summed E-state index contributed by atoms with van der Waals surface area (Å²) < 4.78 is 0. The van der Waals surface area contributed by atoms with Crippen molar-refractivity contribution in [2.75, 3.05) is 7.05 Å². The number of primary amides is 1. The molecule has 2 N–H and O–H groups in total. The number of nitrogens with zero attached hydrogens (tertiary/aromatic N) is 2. The molecule has 0 aliphatic rings. The topological polar surface area (TPSA) is 89.5 Å². The van der Waals surface area contributed by atoms with Gasteiger partial charge in [-0.05, 0) is 25.6 Å². The van der Waals surface area contributed by atoms with Gasteiger partial charge in [-0.25, -0.2) is 0 Å². The van der Waals surface area contributed by atoms with Crippen molar-refractivity contribution in [2.45, 2.75) is 19.5 Å². The number of hydrogen-bond acceptors (Lipinski definition) is 4. The van der Waals surface area contributed by atoms with Crippen LogP contribution in [0.2, 0.25) is 0 Å². The number of carbonyl (C=O) groups is 1. The number of nitrogens with two attached hydrogens (primary N) is 1. The van der Waals surface area contributed by atoms with Gasteiger partial charge in [0, 0.05) is 29.8 Å². The van der Waals surface area contributed by atoms with Crippen LogP contribution in [0.4, 0.5) is 5.69 Å². The maximum Gasteiger partial charge on any atom is 0.274 e. The van der Waals surface area contributed by atoms with Crippen molar-refractivity contribution in [1.29, 1.82) is 0 Å². The Morgan fingerprint density at radius 1 is 1.26 bits per heavy atom. The molecule has 0 radical (unpaired) electrons. The average molecular weight is 313 g/mol. The third-order valence-corrected chi connectivity index (χ3v) is 3.93. The first-order chi connectivity index (χ1) is 10.9. The van der Waals surface area contributed by atoms with E-state index in [-0.39, 0.29) is 17.3 Å². The number of nitro groups is 1. The summed E-state index contributed by atoms with van der Waals surface area (Å²) in [4.78, 5) is 24.0. The summed E-state index contributed by atoms with van der Waals surface area (Å²) >= 11 is 0. The molecule has 1 atom stereocenters. The van der Waals surface area contributed by atoms with E-state index in [9.17, 15) is 14.9 Å². The molecule has 0 unspecified atom stereocenters. The van der Waals surface area contributed by atoms with Crippen molar-refractivity contribution < 1.29 is 9.72 Å². The second-order valence-corrected chi connectivity index (χ2v) is 5.47. The van der Waals surface area contributed by atoms with Crippen LogP contribution in [0.3, 0.4) is 0 Å². The SMILES string of the molecule is C[C@@H](c1ccccc1)N(C)Cc1ccc(C(N)=O)cc1[N+](=O)[O-]. The fraction of sp³-hybridized carbons (Fsp3) is 0.235. The third kappa shape index (κ3) is 3.92. The molecule has 0 saturated carbocycles. The lowest BCUT2D eigenvalue weighted by Crippen LogP contribution is -2.22. The number of carbonyl (C=O) groups excluding carboxylic acids is 1. The van der Waals surface area contributed by atoms with E-state index in [1.54, 1.807) is 6.07 Å². The molecule has 1 amide bonds. The van der Waals surface area contributed by atoms with Crippen LogP contribution in [0.25, 0.3) is 0 Å². The van der Waals surface area contributed by atoms with Crippen LogP contribution in [0.15, 0.2) is 48.5 Å². The Kier molecular flexibility index (Phi) is 5.08. The number of hydrogen-bond donors (Lipinski definition) is 1. The van der Waals surface area contributed by atoms with Gasteiger partial charge in [-0.15, -0.1) is 0 Å². The number of nitro benzene ring substituents is 1. The predicted octanol–water partition coefficient (Wildman–Crippen LogP) is 2.89. The molecule has 0 fully saturated rings. The molecule has 23 heavy (non-hydrogen) atoms. The summed E-state index contributed by atoms with van der Waals surface area (Å²) in [6.07, 6.45) is 0. The Balaban J connectivity index is 2.25. The molecule has 0 aliphatic heterocycles. The molecule has 2 aromatic rings. The first kappa shape index (κ1) is 16.6. The van der Waals surface area contributed by atoms with E-state index in [2.05, 4.69) is 0 Å². The summed E-state index contributed by atoms with van der Waals surface area (Å²) in [7, 11) is 1.91. The summed E-state index contributed by atoms with van der Waals surface area (Å²) in [5, 5.41) is 11.3. The van der Waals surface area contributed by atoms with Gasteiger partial charge in [0.25, 0.3) is 5.69 Å². The van der Waals surface area contributed by atoms with Crippen molar-refractivity contribution in [1.82, 2.24) is 4.90 Å². The van der Waals surface area contributed by atoms with Crippen LogP contribution in [0, 0.1) is 10.1 Å². The van der Waals surface area contributed by atoms with Crippen LogP contribution >= 0.6 is 0 Å². The summed E-state index contributed by atoms with van der Waals surface area (Å²) in [6.45, 7) is 2.43. The average Bonchev–Trinajstić information content (AvgIpc) is 2.54. The molecule has 0 aliphatic carbocycles. The molecule has 6 heteroatoms. The van der Waals surface area contributed by atoms with Gasteiger partial charge in [0.2, 0.25) is 5.91 Å². The highest BCUT2D eigenvalue weighted by Crippen LogP contribution is 2.25. The number of rotatable bonds is 6. The Bertz CT molecular complexity index is 716. The molecule has 2 rings (SSSR count). The minimum Gasteiger partial charge on any atom is -0.366 e. The van der Waals surface area contributed by atoms with E-state index in [0.29, 0.717) is 12.1 Å². The van der Waals surface area contributed by atoms with E-state index < -0.39 is 10.8 Å². The van der Waals surface area contributed by atoms with Crippen LogP contribution in [0.5, 0.6) is 0 Å². The van der Waals surface area contributed by atoms with Crippen LogP contribution in [-0.4, -0.2) is 22.8 Å². The minimum absolute atomic E-state index is 0.0894. The number of benzene rings is 2. The fourth-order valence-corrected chi connectivity index (χ4v) is 2.41. The van der Waals surface area contributed by atoms with Gasteiger partial charge < -0.3 is 5.73 Å². The molecular weight excluding hydrogens is 294 g/mol. The Morgan fingerprint density at radius 3 is 2.48 bits per heavy atom. The molecule has 0 spiro atoms. The van der Waals surface area contributed by atoms with Crippen LogP contribution in [0.1, 0.15) is 34.5 Å². The van der Waals surface area contributed by atoms with E-state index in [1.165, 1.54) is 12.1 Å². The predicted molar refractivity (Wildman–Crippen MR) is 87.9 cm³/mol. The number of amides is 1. The first-order valence-corrected chi connectivity index (χ1v) is 7.22. The second kappa shape index (κ2) is 7.02. The highest BCUT2D eigenvalue weighted by Gasteiger charge is 2.20. The standard InChI is InChI=1S/C17H19N3O3/c1-12(13-6-4-3-5-7-13)19(2)11-15-9-8-14(17(18)21)10-16(15)20(22)23/h3-10,12H,11H2,1-2H3,(H2,18,21)/t12-/m0/s1. The van der Waals surface area contributed by atoms with E-state index in [4.69, 9.17) is 5.73 Å². The smallest absolute Gasteiger partial charge is 0.274 e. The van der Waals surface area contributed by atoms with E-state index >= 15 is 0 Å². The minimum atomic E-state index is -0.675. The molecule has 0 saturated heterocycles. The van der Waals surface area contributed by atoms with Crippen molar-refractivity contribution in [2.24, 2.45) is 5.73 Å². The molecule has 0 bridgehead atoms. The summed E-state index contributed by atoms with van der Waals surface area (Å²) in [5.41, 5.74) is 6.91. The monoisotopic (exact) mass is 313 g/mol. The van der Waals surface area contributed by atoms with Crippen LogP contribution in [-0.2, 0) is 6.54 Å². The molecule has 6 nitrogen and oxygen atoms in total. The van der Waals surface area contributed by atoms with Gasteiger partial charge in [0.1, 0.15) is 0 Å². The highest BCUT2D eigenvalue weighted by molar-refractivity contribution is 5.93. The van der Waals surface area contributed by atoms with Crippen molar-refractivity contribution in [3.8, 4) is 0 Å². The Morgan fingerprint density at radius 2 is 1.91 bits per heavy atom. The first-order valence-electron chi connectivity index (χ1n) is 7.22. The third-order valence-electron chi connectivity index (χ3n) is 3.93. The van der Waals surface area contributed by atoms with Gasteiger partial charge in [0.15, 0.2) is 0 Å². The lowest BCUT2D eigenvalue weighted by molar-refractivity contribution is -0.385. The zero-order chi connectivity index (χ0) is 17.0. The summed E-state index contributed by atoms with van der Waals surface area (Å²) in [6, 6.07) is 14.4. The van der Waals surface area contributed by atoms with Crippen molar-refractivity contribution in [3.63, 3.8) is 0 Å². The molecular formula is C17H19N3O3. The van der Waals surface area contributed by atoms with Gasteiger partial charge in [-0.2, -0.15) is 0 Å². The van der Waals surface area contributed by atoms with E-state index in [1.807, 2.05) is 49.2 Å². The lowest BCUT2D eigenvalue weighted by Gasteiger charge is -2.25. The van der Waals surface area contributed by atoms with Gasteiger partial charge in [0.05, 0.1) is 4.92 Å². The Labute approximate surface area is 134 Å². The zero-order valence-corrected chi connectivity index (χ0v) is 13.1. The summed E-state index contributed by atoms with van der Waals surface area (Å²) in [5.74, 6) is -0.675. The molecule has 120 valence electrons. The molecule has 0 aromatic heterocycles. The van der Waals surface area contributed by atoms with Gasteiger partial charge in [-0.1, -0.05) is 36.4 Å². The zero-order valence-electron chi connectivity index (χ0n) is 13.1. The molecule has 0 heterocycles. The maximum absolute atomic E-state index is 11.3. The largest absolute Gasteiger partial charge is 0.366 e. The normalized spacial score (nSPS) is 12.1. The highest BCUT2D eigenvalue weighted by atomic mass is 16.6. The lowest BCUT2D eigenvalue weighted by atomic mass is 10.0. The van der Waals surface area contributed by atoms with Gasteiger partial charge in [-0.3, -0.25) is 19.8 Å². The quantitative estimate of drug-likeness (QED) is 0.656. The Hall–Kier alpha value is -2.73. The van der Waals surface area contributed by atoms with Crippen molar-refractivity contribution >= 4 is 11.6 Å². The van der Waals surface area contributed by atoms with Crippen LogP contribution < -0.4 is 5.73 Å². The second-order valence-electron chi connectivity index (χ2n) is 5.47. The fourth-order valence-electron chi connectivity index (χ4n) is 2.41. The van der Waals surface area contributed by atoms with Crippen molar-refractivity contribution in [3.05, 3.63) is 75.3 Å². The van der Waals surface area contributed by atoms with Gasteiger partial charge >= 0.3 is 0 Å².